The van der Waals surface area contributed by atoms with Crippen LogP contribution in [0.1, 0.15) is 25.1 Å². The van der Waals surface area contributed by atoms with E-state index in [1.54, 1.807) is 18.3 Å². The lowest BCUT2D eigenvalue weighted by Crippen LogP contribution is -2.26. The van der Waals surface area contributed by atoms with Crippen LogP contribution in [0.15, 0.2) is 48.4 Å². The first-order valence-electron chi connectivity index (χ1n) is 9.78. The maximum absolute atomic E-state index is 13.3. The van der Waals surface area contributed by atoms with Crippen LogP contribution in [0.25, 0.3) is 11.0 Å². The molecule has 3 aromatic heterocycles. The highest BCUT2D eigenvalue weighted by Crippen LogP contribution is 2.31. The molecule has 10 heteroatoms. The second-order valence-corrected chi connectivity index (χ2v) is 7.14. The molecule has 0 saturated carbocycles. The van der Waals surface area contributed by atoms with Crippen molar-refractivity contribution in [3.63, 3.8) is 0 Å². The Morgan fingerprint density at radius 1 is 1.16 bits per heavy atom. The van der Waals surface area contributed by atoms with Gasteiger partial charge in [-0.05, 0) is 38.1 Å². The minimum absolute atomic E-state index is 0.0280. The molecule has 0 amide bonds. The quantitative estimate of drug-likeness (QED) is 0.665. The molecule has 0 radical (unpaired) electrons. The molecule has 0 aromatic carbocycles. The average Bonchev–Trinajstić information content (AvgIpc) is 2.91. The van der Waals surface area contributed by atoms with E-state index in [1.807, 2.05) is 24.8 Å². The lowest BCUT2D eigenvalue weighted by atomic mass is 10.2. The summed E-state index contributed by atoms with van der Waals surface area (Å²) in [5.41, 5.74) is 0.484. The first kappa shape index (κ1) is 21.0. The molecular weight excluding hydrogens is 409 g/mol. The number of nitrogens with one attached hydrogen (secondary N) is 1. The smallest absolute Gasteiger partial charge is 0.373 e. The summed E-state index contributed by atoms with van der Waals surface area (Å²) in [6.45, 7) is 4.83. The van der Waals surface area contributed by atoms with Crippen LogP contribution in [-0.4, -0.2) is 39.2 Å². The zero-order chi connectivity index (χ0) is 22.0. The van der Waals surface area contributed by atoms with Gasteiger partial charge < -0.3 is 15.0 Å². The zero-order valence-corrected chi connectivity index (χ0v) is 17.0. The summed E-state index contributed by atoms with van der Waals surface area (Å²) in [6, 6.07) is 6.38. The van der Waals surface area contributed by atoms with E-state index in [2.05, 4.69) is 25.3 Å². The number of anilines is 2. The van der Waals surface area contributed by atoms with E-state index in [-0.39, 0.29) is 18.2 Å². The Kier molecular flexibility index (Phi) is 5.73. The Hall–Kier alpha value is -3.27. The summed E-state index contributed by atoms with van der Waals surface area (Å²) in [6.07, 6.45) is 0.141. The zero-order valence-electron chi connectivity index (χ0n) is 17.0. The van der Waals surface area contributed by atoms with E-state index in [9.17, 15) is 13.2 Å². The number of allylic oxidation sites excluding steroid dienone is 1. The number of alkyl halides is 3. The van der Waals surface area contributed by atoms with Gasteiger partial charge in [0, 0.05) is 36.7 Å². The van der Waals surface area contributed by atoms with Gasteiger partial charge in [-0.15, -0.1) is 0 Å². The van der Waals surface area contributed by atoms with Gasteiger partial charge in [0.15, 0.2) is 5.65 Å². The molecule has 3 aromatic rings. The summed E-state index contributed by atoms with van der Waals surface area (Å²) < 4.78 is 45.6. The van der Waals surface area contributed by atoms with Gasteiger partial charge in [-0.3, -0.25) is 4.98 Å². The fourth-order valence-corrected chi connectivity index (χ4v) is 3.46. The van der Waals surface area contributed by atoms with Crippen LogP contribution in [0.4, 0.5) is 24.9 Å². The largest absolute Gasteiger partial charge is 0.433 e. The number of rotatable bonds is 4. The first-order valence-corrected chi connectivity index (χ1v) is 9.78. The third kappa shape index (κ3) is 4.58. The van der Waals surface area contributed by atoms with E-state index in [4.69, 9.17) is 4.74 Å². The van der Waals surface area contributed by atoms with E-state index in [0.717, 1.165) is 11.9 Å². The molecule has 0 fully saturated rings. The van der Waals surface area contributed by atoms with Crippen molar-refractivity contribution in [2.75, 3.05) is 23.4 Å². The summed E-state index contributed by atoms with van der Waals surface area (Å²) in [5, 5.41) is 3.64. The van der Waals surface area contributed by atoms with Crippen LogP contribution in [0.3, 0.4) is 0 Å². The van der Waals surface area contributed by atoms with E-state index in [0.29, 0.717) is 36.0 Å². The van der Waals surface area contributed by atoms with Gasteiger partial charge in [0.1, 0.15) is 11.5 Å². The van der Waals surface area contributed by atoms with Gasteiger partial charge in [0.2, 0.25) is 5.95 Å². The highest BCUT2D eigenvalue weighted by molar-refractivity contribution is 5.87. The van der Waals surface area contributed by atoms with Crippen LogP contribution >= 0.6 is 0 Å². The highest BCUT2D eigenvalue weighted by atomic mass is 19.4. The molecule has 0 aliphatic carbocycles. The molecule has 4 heterocycles. The summed E-state index contributed by atoms with van der Waals surface area (Å²) in [7, 11) is 0. The third-order valence-electron chi connectivity index (χ3n) is 4.90. The van der Waals surface area contributed by atoms with Gasteiger partial charge >= 0.3 is 6.18 Å². The van der Waals surface area contributed by atoms with Crippen molar-refractivity contribution in [2.45, 2.75) is 32.7 Å². The van der Waals surface area contributed by atoms with E-state index < -0.39 is 11.9 Å². The Labute approximate surface area is 177 Å². The molecule has 162 valence electrons. The molecule has 1 N–H and O–H groups in total. The maximum atomic E-state index is 13.3. The molecular formula is C21H21F3N6O. The van der Waals surface area contributed by atoms with E-state index in [1.165, 1.54) is 12.1 Å². The standard InChI is InChI=1S/C21H21F3N6O/c1-13-11-14(2)31-10-9-30(13)20-28-18-16(6-4-8-26-18)19(29-20)27-12-15-5-3-7-25-17(15)21(22,23)24/h3-8,11,14H,9-10,12H2,1-2H3,(H,26,27,28,29)/t14-/m1/s1. The predicted molar refractivity (Wildman–Crippen MR) is 110 cm³/mol. The first-order chi connectivity index (χ1) is 14.8. The SMILES string of the molecule is CC1=C[C@@H](C)OCCN1c1nc(NCc2cccnc2C(F)(F)F)c2cccnc2n1. The fraction of sp³-hybridized carbons (Fsp3) is 0.333. The minimum atomic E-state index is -4.54. The molecule has 7 nitrogen and oxygen atoms in total. The highest BCUT2D eigenvalue weighted by Gasteiger charge is 2.35. The van der Waals surface area contributed by atoms with Gasteiger partial charge in [-0.1, -0.05) is 6.07 Å². The van der Waals surface area contributed by atoms with Crippen LogP contribution < -0.4 is 10.2 Å². The van der Waals surface area contributed by atoms with Crippen LogP contribution in [-0.2, 0) is 17.5 Å². The lowest BCUT2D eigenvalue weighted by Gasteiger charge is -2.22. The average molecular weight is 430 g/mol. The van der Waals surface area contributed by atoms with Crippen LogP contribution in [0.2, 0.25) is 0 Å². The number of pyridine rings is 2. The number of hydrogen-bond acceptors (Lipinski definition) is 7. The maximum Gasteiger partial charge on any atom is 0.433 e. The molecule has 4 rings (SSSR count). The molecule has 0 spiro atoms. The van der Waals surface area contributed by atoms with Crippen molar-refractivity contribution >= 4 is 22.8 Å². The summed E-state index contributed by atoms with van der Waals surface area (Å²) in [5.74, 6) is 0.804. The monoisotopic (exact) mass is 430 g/mol. The number of nitrogens with zero attached hydrogens (tertiary/aromatic N) is 5. The second kappa shape index (κ2) is 8.46. The van der Waals surface area contributed by atoms with Gasteiger partial charge in [-0.25, -0.2) is 4.98 Å². The molecule has 1 aliphatic rings. The third-order valence-corrected chi connectivity index (χ3v) is 4.90. The number of fused-ring (bicyclic) bond motifs is 1. The molecule has 1 aliphatic heterocycles. The number of ether oxygens (including phenoxy) is 1. The second-order valence-electron chi connectivity index (χ2n) is 7.14. The number of aromatic nitrogens is 4. The Morgan fingerprint density at radius 3 is 2.74 bits per heavy atom. The number of hydrogen-bond donors (Lipinski definition) is 1. The predicted octanol–water partition coefficient (Wildman–Crippen LogP) is 4.18. The van der Waals surface area contributed by atoms with Gasteiger partial charge in [0.25, 0.3) is 0 Å². The minimum Gasteiger partial charge on any atom is -0.373 e. The van der Waals surface area contributed by atoms with Crippen molar-refractivity contribution in [2.24, 2.45) is 0 Å². The fourth-order valence-electron chi connectivity index (χ4n) is 3.46. The number of halogens is 3. The van der Waals surface area contributed by atoms with Gasteiger partial charge in [0.05, 0.1) is 18.1 Å². The van der Waals surface area contributed by atoms with Crippen molar-refractivity contribution in [3.05, 3.63) is 59.7 Å². The molecule has 31 heavy (non-hydrogen) atoms. The van der Waals surface area contributed by atoms with Crippen molar-refractivity contribution in [1.29, 1.82) is 0 Å². The Balaban J connectivity index is 1.71. The van der Waals surface area contributed by atoms with Gasteiger partial charge in [-0.2, -0.15) is 23.1 Å². The molecule has 1 atom stereocenters. The summed E-state index contributed by atoms with van der Waals surface area (Å²) in [4.78, 5) is 18.9. The topological polar surface area (TPSA) is 76.1 Å². The normalized spacial score (nSPS) is 17.4. The van der Waals surface area contributed by atoms with E-state index >= 15 is 0 Å². The van der Waals surface area contributed by atoms with Crippen molar-refractivity contribution in [1.82, 2.24) is 19.9 Å². The van der Waals surface area contributed by atoms with Crippen LogP contribution in [0.5, 0.6) is 0 Å². The molecule has 0 unspecified atom stereocenters. The Morgan fingerprint density at radius 2 is 1.94 bits per heavy atom. The van der Waals surface area contributed by atoms with Crippen molar-refractivity contribution in [3.8, 4) is 0 Å². The Bertz CT molecular complexity index is 1120. The summed E-state index contributed by atoms with van der Waals surface area (Å²) >= 11 is 0. The van der Waals surface area contributed by atoms with Crippen LogP contribution in [0, 0.1) is 0 Å². The molecule has 0 saturated heterocycles. The van der Waals surface area contributed by atoms with Crippen molar-refractivity contribution < 1.29 is 17.9 Å². The molecule has 0 bridgehead atoms. The lowest BCUT2D eigenvalue weighted by molar-refractivity contribution is -0.141.